The number of nitrogens with zero attached hydrogens (tertiary/aromatic N) is 3. The minimum atomic E-state index is -4.43. The van der Waals surface area contributed by atoms with E-state index in [0.29, 0.717) is 5.69 Å². The van der Waals surface area contributed by atoms with Crippen LogP contribution in [-0.2, 0) is 6.18 Å². The lowest BCUT2D eigenvalue weighted by atomic mass is 10.3. The molecule has 0 aliphatic heterocycles. The molecule has 96 valence electrons. The molecule has 0 atom stereocenters. The Morgan fingerprint density at radius 2 is 2.06 bits per heavy atom. The van der Waals surface area contributed by atoms with E-state index < -0.39 is 11.7 Å². The van der Waals surface area contributed by atoms with Gasteiger partial charge in [0.1, 0.15) is 0 Å². The number of nitrogen functional groups attached to an aromatic ring is 1. The van der Waals surface area contributed by atoms with Crippen molar-refractivity contribution >= 4 is 5.69 Å². The van der Waals surface area contributed by atoms with Crippen molar-refractivity contribution in [2.24, 2.45) is 0 Å². The Kier molecular flexibility index (Phi) is 2.85. The van der Waals surface area contributed by atoms with E-state index in [4.69, 9.17) is 10.5 Å². The smallest absolute Gasteiger partial charge is 0.419 e. The van der Waals surface area contributed by atoms with Crippen LogP contribution in [0.15, 0.2) is 24.5 Å². The molecule has 2 heterocycles. The van der Waals surface area contributed by atoms with Gasteiger partial charge in [0.2, 0.25) is 5.88 Å². The van der Waals surface area contributed by atoms with Gasteiger partial charge in [0.05, 0.1) is 24.6 Å². The molecule has 18 heavy (non-hydrogen) atoms. The molecular formula is C10H9F3N4O. The molecule has 0 aromatic carbocycles. The summed E-state index contributed by atoms with van der Waals surface area (Å²) >= 11 is 0. The first-order valence-electron chi connectivity index (χ1n) is 4.84. The van der Waals surface area contributed by atoms with E-state index in [1.807, 2.05) is 0 Å². The molecule has 0 spiro atoms. The van der Waals surface area contributed by atoms with Crippen LogP contribution in [-0.4, -0.2) is 21.9 Å². The third-order valence-electron chi connectivity index (χ3n) is 2.21. The molecule has 2 aromatic rings. The topological polar surface area (TPSA) is 66.0 Å². The van der Waals surface area contributed by atoms with E-state index in [1.165, 1.54) is 19.2 Å². The first kappa shape index (κ1) is 12.2. The Morgan fingerprint density at radius 1 is 1.33 bits per heavy atom. The van der Waals surface area contributed by atoms with Crippen molar-refractivity contribution in [1.82, 2.24) is 14.8 Å². The number of hydrogen-bond acceptors (Lipinski definition) is 4. The monoisotopic (exact) mass is 258 g/mol. The number of nitrogens with two attached hydrogens (primary N) is 1. The highest BCUT2D eigenvalue weighted by Crippen LogP contribution is 2.29. The molecule has 8 heteroatoms. The molecule has 0 saturated heterocycles. The molecule has 0 aliphatic carbocycles. The van der Waals surface area contributed by atoms with Gasteiger partial charge in [-0.1, -0.05) is 0 Å². The average Bonchev–Trinajstić information content (AvgIpc) is 2.78. The van der Waals surface area contributed by atoms with Crippen molar-refractivity contribution in [3.05, 3.63) is 30.1 Å². The van der Waals surface area contributed by atoms with Gasteiger partial charge in [0.15, 0.2) is 5.82 Å². The van der Waals surface area contributed by atoms with Crippen LogP contribution in [0.5, 0.6) is 5.88 Å². The number of pyridine rings is 1. The van der Waals surface area contributed by atoms with Crippen LogP contribution in [0, 0.1) is 0 Å². The van der Waals surface area contributed by atoms with Gasteiger partial charge in [-0.05, 0) is 12.1 Å². The van der Waals surface area contributed by atoms with Crippen LogP contribution in [0.1, 0.15) is 5.56 Å². The number of hydrogen-bond donors (Lipinski definition) is 1. The van der Waals surface area contributed by atoms with Gasteiger partial charge in [0, 0.05) is 6.20 Å². The maximum atomic E-state index is 12.4. The first-order chi connectivity index (χ1) is 8.41. The number of anilines is 1. The highest BCUT2D eigenvalue weighted by atomic mass is 19.4. The van der Waals surface area contributed by atoms with E-state index in [0.717, 1.165) is 17.1 Å². The molecule has 0 fully saturated rings. The lowest BCUT2D eigenvalue weighted by Gasteiger charge is -2.06. The van der Waals surface area contributed by atoms with Crippen LogP contribution in [0.4, 0.5) is 18.9 Å². The molecule has 0 saturated carbocycles. The van der Waals surface area contributed by atoms with Gasteiger partial charge in [-0.15, -0.1) is 0 Å². The maximum absolute atomic E-state index is 12.4. The van der Waals surface area contributed by atoms with Crippen molar-refractivity contribution in [3.63, 3.8) is 0 Å². The Bertz CT molecular complexity index is 564. The zero-order valence-electron chi connectivity index (χ0n) is 9.27. The molecule has 5 nitrogen and oxygen atoms in total. The van der Waals surface area contributed by atoms with Gasteiger partial charge in [0.25, 0.3) is 0 Å². The summed E-state index contributed by atoms with van der Waals surface area (Å²) in [7, 11) is 1.37. The van der Waals surface area contributed by atoms with Gasteiger partial charge >= 0.3 is 6.18 Å². The Hall–Kier alpha value is -2.25. The molecular weight excluding hydrogens is 249 g/mol. The summed E-state index contributed by atoms with van der Waals surface area (Å²) in [6.45, 7) is 0. The number of rotatable bonds is 2. The van der Waals surface area contributed by atoms with Crippen LogP contribution < -0.4 is 10.5 Å². The van der Waals surface area contributed by atoms with E-state index in [-0.39, 0.29) is 11.7 Å². The summed E-state index contributed by atoms with van der Waals surface area (Å²) in [5.74, 6) is 0.327. The van der Waals surface area contributed by atoms with E-state index >= 15 is 0 Å². The standard InChI is InChI=1S/C10H9F3N4O/c1-18-9-7(14)2-3-8(16-9)17-5-6(4-15-17)10(11,12)13/h2-5H,14H2,1H3. The normalized spacial score (nSPS) is 11.6. The summed E-state index contributed by atoms with van der Waals surface area (Å²) in [5, 5.41) is 3.60. The largest absolute Gasteiger partial charge is 0.479 e. The third-order valence-corrected chi connectivity index (χ3v) is 2.21. The number of aromatic nitrogens is 3. The Morgan fingerprint density at radius 3 is 2.61 bits per heavy atom. The average molecular weight is 258 g/mol. The lowest BCUT2D eigenvalue weighted by Crippen LogP contribution is -2.04. The highest BCUT2D eigenvalue weighted by Gasteiger charge is 2.32. The Balaban J connectivity index is 2.40. The van der Waals surface area contributed by atoms with Crippen LogP contribution in [0.2, 0.25) is 0 Å². The predicted molar refractivity (Wildman–Crippen MR) is 57.3 cm³/mol. The van der Waals surface area contributed by atoms with E-state index in [2.05, 4.69) is 10.1 Å². The summed E-state index contributed by atoms with van der Waals surface area (Å²) in [4.78, 5) is 3.94. The molecule has 0 aliphatic rings. The zero-order valence-corrected chi connectivity index (χ0v) is 9.27. The van der Waals surface area contributed by atoms with Crippen molar-refractivity contribution in [3.8, 4) is 11.7 Å². The molecule has 2 rings (SSSR count). The zero-order chi connectivity index (χ0) is 13.3. The third kappa shape index (κ3) is 2.22. The van der Waals surface area contributed by atoms with E-state index in [1.54, 1.807) is 0 Å². The summed E-state index contributed by atoms with van der Waals surface area (Å²) in [6, 6.07) is 2.93. The van der Waals surface area contributed by atoms with Crippen molar-refractivity contribution in [2.45, 2.75) is 6.18 Å². The molecule has 2 aromatic heterocycles. The second-order valence-corrected chi connectivity index (χ2v) is 3.44. The number of ether oxygens (including phenoxy) is 1. The summed E-state index contributed by atoms with van der Waals surface area (Å²) in [6.07, 6.45) is -2.86. The maximum Gasteiger partial charge on any atom is 0.419 e. The van der Waals surface area contributed by atoms with Crippen LogP contribution in [0.3, 0.4) is 0 Å². The quantitative estimate of drug-likeness (QED) is 0.893. The van der Waals surface area contributed by atoms with Crippen LogP contribution >= 0.6 is 0 Å². The van der Waals surface area contributed by atoms with Crippen molar-refractivity contribution in [1.29, 1.82) is 0 Å². The number of methoxy groups -OCH3 is 1. The predicted octanol–water partition coefficient (Wildman–Crippen LogP) is 1.88. The second-order valence-electron chi connectivity index (χ2n) is 3.44. The van der Waals surface area contributed by atoms with Crippen molar-refractivity contribution < 1.29 is 17.9 Å². The van der Waals surface area contributed by atoms with Crippen LogP contribution in [0.25, 0.3) is 5.82 Å². The second kappa shape index (κ2) is 4.21. The molecule has 0 bridgehead atoms. The number of halogens is 3. The van der Waals surface area contributed by atoms with E-state index in [9.17, 15) is 13.2 Å². The minimum Gasteiger partial charge on any atom is -0.479 e. The van der Waals surface area contributed by atoms with Gasteiger partial charge < -0.3 is 10.5 Å². The van der Waals surface area contributed by atoms with Gasteiger partial charge in [-0.3, -0.25) is 0 Å². The number of alkyl halides is 3. The fourth-order valence-electron chi connectivity index (χ4n) is 1.33. The molecule has 0 unspecified atom stereocenters. The SMILES string of the molecule is COc1nc(-n2cc(C(F)(F)F)cn2)ccc1N. The van der Waals surface area contributed by atoms with Gasteiger partial charge in [-0.2, -0.15) is 23.3 Å². The summed E-state index contributed by atoms with van der Waals surface area (Å²) < 4.78 is 43.1. The fourth-order valence-corrected chi connectivity index (χ4v) is 1.33. The van der Waals surface area contributed by atoms with Crippen molar-refractivity contribution in [2.75, 3.05) is 12.8 Å². The van der Waals surface area contributed by atoms with Gasteiger partial charge in [-0.25, -0.2) is 4.68 Å². The highest BCUT2D eigenvalue weighted by molar-refractivity contribution is 5.50. The minimum absolute atomic E-state index is 0.136. The first-order valence-corrected chi connectivity index (χ1v) is 4.84. The Labute approximate surface area is 100.0 Å². The fraction of sp³-hybridized carbons (Fsp3) is 0.200. The lowest BCUT2D eigenvalue weighted by molar-refractivity contribution is -0.137. The molecule has 0 radical (unpaired) electrons. The molecule has 0 amide bonds. The molecule has 2 N–H and O–H groups in total. The summed E-state index contributed by atoms with van der Waals surface area (Å²) in [5.41, 5.74) is 5.00.